The molecule has 170 valence electrons. The molecule has 5 heteroatoms. The maximum absolute atomic E-state index is 13.3. The molecule has 0 radical (unpaired) electrons. The number of imidazole rings is 1. The average molecular weight is 433 g/mol. The van der Waals surface area contributed by atoms with E-state index in [4.69, 9.17) is 5.73 Å². The largest absolute Gasteiger partial charge is 0.329 e. The third-order valence-corrected chi connectivity index (χ3v) is 7.90. The Morgan fingerprint density at radius 3 is 2.12 bits per heavy atom. The van der Waals surface area contributed by atoms with Crippen molar-refractivity contribution >= 4 is 11.0 Å². The summed E-state index contributed by atoms with van der Waals surface area (Å²) in [5, 5.41) is 0. The van der Waals surface area contributed by atoms with Crippen LogP contribution in [0.2, 0.25) is 0 Å². The van der Waals surface area contributed by atoms with Crippen LogP contribution in [0.1, 0.15) is 63.0 Å². The molecule has 0 amide bonds. The lowest BCUT2D eigenvalue weighted by atomic mass is 9.79. The van der Waals surface area contributed by atoms with Gasteiger partial charge in [-0.3, -0.25) is 14.0 Å². The summed E-state index contributed by atoms with van der Waals surface area (Å²) in [4.78, 5) is 16.1. The Morgan fingerprint density at radius 2 is 1.47 bits per heavy atom. The van der Waals surface area contributed by atoms with E-state index in [1.807, 2.05) is 22.8 Å². The summed E-state index contributed by atoms with van der Waals surface area (Å²) >= 11 is 0. The van der Waals surface area contributed by atoms with Crippen molar-refractivity contribution in [2.75, 3.05) is 19.6 Å². The number of benzene rings is 2. The second-order valence-corrected chi connectivity index (χ2v) is 9.61. The van der Waals surface area contributed by atoms with Gasteiger partial charge in [-0.1, -0.05) is 68.1 Å². The van der Waals surface area contributed by atoms with Crippen molar-refractivity contribution in [3.8, 4) is 0 Å². The molecule has 1 saturated carbocycles. The first-order valence-corrected chi connectivity index (χ1v) is 12.4. The molecule has 2 aliphatic rings. The Balaban J connectivity index is 1.44. The first kappa shape index (κ1) is 21.5. The van der Waals surface area contributed by atoms with Gasteiger partial charge in [0.15, 0.2) is 0 Å². The van der Waals surface area contributed by atoms with Crippen molar-refractivity contribution < 1.29 is 0 Å². The number of fused-ring (bicyclic) bond motifs is 1. The van der Waals surface area contributed by atoms with E-state index in [0.29, 0.717) is 13.1 Å². The molecule has 2 heterocycles. The summed E-state index contributed by atoms with van der Waals surface area (Å²) in [6.07, 6.45) is 9.84. The zero-order chi connectivity index (χ0) is 22.0. The van der Waals surface area contributed by atoms with Crippen LogP contribution >= 0.6 is 0 Å². The fourth-order valence-electron chi connectivity index (χ4n) is 6.33. The molecule has 1 aliphatic heterocycles. The normalized spacial score (nSPS) is 20.4. The lowest BCUT2D eigenvalue weighted by molar-refractivity contribution is 0.0354. The van der Waals surface area contributed by atoms with E-state index in [1.54, 1.807) is 0 Å². The minimum absolute atomic E-state index is 0.0994. The van der Waals surface area contributed by atoms with Gasteiger partial charge < -0.3 is 5.73 Å². The molecule has 0 bridgehead atoms. The maximum atomic E-state index is 13.3. The van der Waals surface area contributed by atoms with Crippen molar-refractivity contribution in [2.45, 2.75) is 69.5 Å². The summed E-state index contributed by atoms with van der Waals surface area (Å²) in [5.74, 6) is 0. The summed E-state index contributed by atoms with van der Waals surface area (Å²) in [5.41, 5.74) is 9.61. The van der Waals surface area contributed by atoms with E-state index in [9.17, 15) is 4.79 Å². The topological polar surface area (TPSA) is 56.2 Å². The predicted molar refractivity (Wildman–Crippen MR) is 131 cm³/mol. The van der Waals surface area contributed by atoms with Gasteiger partial charge >= 0.3 is 5.69 Å². The summed E-state index contributed by atoms with van der Waals surface area (Å²) in [6, 6.07) is 19.6. The number of nitrogens with two attached hydrogens (primary N) is 1. The van der Waals surface area contributed by atoms with Crippen molar-refractivity contribution in [3.05, 3.63) is 70.6 Å². The summed E-state index contributed by atoms with van der Waals surface area (Å²) in [6.45, 7) is 3.14. The van der Waals surface area contributed by atoms with Crippen molar-refractivity contribution in [3.63, 3.8) is 0 Å². The summed E-state index contributed by atoms with van der Waals surface area (Å²) in [7, 11) is 0. The van der Waals surface area contributed by atoms with Gasteiger partial charge in [-0.2, -0.15) is 0 Å². The molecule has 1 aliphatic carbocycles. The third-order valence-electron chi connectivity index (χ3n) is 7.90. The Labute approximate surface area is 190 Å². The van der Waals surface area contributed by atoms with Crippen LogP contribution in [0.25, 0.3) is 11.0 Å². The zero-order valence-electron chi connectivity index (χ0n) is 19.1. The van der Waals surface area contributed by atoms with Gasteiger partial charge in [-0.15, -0.1) is 0 Å². The minimum atomic E-state index is 0.0994. The zero-order valence-corrected chi connectivity index (χ0v) is 19.1. The van der Waals surface area contributed by atoms with E-state index in [2.05, 4.69) is 45.9 Å². The standard InChI is InChI=1S/C27H36N4O/c28-18-21-30-24-12-6-7-13-25(24)31(26(30)32)23-14-19-29(20-15-23)27(16-8-1-2-9-17-27)22-10-4-3-5-11-22/h3-7,10-13,23H,1-2,8-9,14-21,28H2. The average Bonchev–Trinajstić information content (AvgIpc) is 2.99. The fourth-order valence-corrected chi connectivity index (χ4v) is 6.33. The SMILES string of the molecule is NCCn1c(=O)n(C2CCN(C3(c4ccccc4)CCCCCC3)CC2)c2ccccc21. The molecule has 1 aromatic heterocycles. The summed E-state index contributed by atoms with van der Waals surface area (Å²) < 4.78 is 3.92. The predicted octanol–water partition coefficient (Wildman–Crippen LogP) is 4.65. The third kappa shape index (κ3) is 3.71. The van der Waals surface area contributed by atoms with Crippen LogP contribution in [0.3, 0.4) is 0 Å². The highest BCUT2D eigenvalue weighted by Crippen LogP contribution is 2.43. The quantitative estimate of drug-likeness (QED) is 0.597. The highest BCUT2D eigenvalue weighted by Gasteiger charge is 2.40. The lowest BCUT2D eigenvalue weighted by Crippen LogP contribution is -2.50. The van der Waals surface area contributed by atoms with Crippen LogP contribution in [0.5, 0.6) is 0 Å². The number of rotatable bonds is 5. The van der Waals surface area contributed by atoms with Gasteiger partial charge in [0.05, 0.1) is 11.0 Å². The second kappa shape index (κ2) is 9.24. The molecule has 5 nitrogen and oxygen atoms in total. The van der Waals surface area contributed by atoms with Crippen molar-refractivity contribution in [1.29, 1.82) is 0 Å². The fraction of sp³-hybridized carbons (Fsp3) is 0.519. The molecular formula is C27H36N4O. The highest BCUT2D eigenvalue weighted by atomic mass is 16.1. The number of nitrogens with zero attached hydrogens (tertiary/aromatic N) is 3. The van der Waals surface area contributed by atoms with Crippen LogP contribution < -0.4 is 11.4 Å². The molecule has 2 N–H and O–H groups in total. The van der Waals surface area contributed by atoms with Gasteiger partial charge in [0.25, 0.3) is 0 Å². The van der Waals surface area contributed by atoms with E-state index < -0.39 is 0 Å². The molecule has 5 rings (SSSR count). The Morgan fingerprint density at radius 1 is 0.844 bits per heavy atom. The Bertz CT molecular complexity index is 1080. The first-order valence-electron chi connectivity index (χ1n) is 12.4. The van der Waals surface area contributed by atoms with Crippen molar-refractivity contribution in [1.82, 2.24) is 14.0 Å². The number of likely N-dealkylation sites (tertiary alicyclic amines) is 1. The molecule has 2 fully saturated rings. The lowest BCUT2D eigenvalue weighted by Gasteiger charge is -2.47. The number of aromatic nitrogens is 2. The van der Waals surface area contributed by atoms with E-state index in [1.165, 1.54) is 44.1 Å². The molecule has 3 aromatic rings. The van der Waals surface area contributed by atoms with Crippen LogP contribution in [0, 0.1) is 0 Å². The van der Waals surface area contributed by atoms with Gasteiger partial charge in [0, 0.05) is 37.8 Å². The second-order valence-electron chi connectivity index (χ2n) is 9.61. The maximum Gasteiger partial charge on any atom is 0.329 e. The molecule has 0 unspecified atom stereocenters. The number of hydrogen-bond acceptors (Lipinski definition) is 3. The van der Waals surface area contributed by atoms with Gasteiger partial charge in [-0.05, 0) is 43.4 Å². The van der Waals surface area contributed by atoms with Gasteiger partial charge in [-0.25, -0.2) is 4.79 Å². The van der Waals surface area contributed by atoms with E-state index in [0.717, 1.165) is 37.0 Å². The Kier molecular flexibility index (Phi) is 6.20. The first-order chi connectivity index (χ1) is 15.7. The van der Waals surface area contributed by atoms with Crippen LogP contribution in [-0.4, -0.2) is 33.7 Å². The number of hydrogen-bond donors (Lipinski definition) is 1. The number of piperidine rings is 1. The minimum Gasteiger partial charge on any atom is -0.329 e. The smallest absolute Gasteiger partial charge is 0.329 e. The van der Waals surface area contributed by atoms with Crippen LogP contribution in [0.4, 0.5) is 0 Å². The number of para-hydroxylation sites is 2. The van der Waals surface area contributed by atoms with Crippen LogP contribution in [-0.2, 0) is 12.1 Å². The van der Waals surface area contributed by atoms with Crippen LogP contribution in [0.15, 0.2) is 59.4 Å². The molecule has 32 heavy (non-hydrogen) atoms. The highest BCUT2D eigenvalue weighted by molar-refractivity contribution is 5.76. The molecule has 2 aromatic carbocycles. The monoisotopic (exact) mass is 432 g/mol. The van der Waals surface area contributed by atoms with E-state index >= 15 is 0 Å². The van der Waals surface area contributed by atoms with Gasteiger partial charge in [0.2, 0.25) is 0 Å². The molecular weight excluding hydrogens is 396 g/mol. The molecule has 0 spiro atoms. The molecule has 0 atom stereocenters. The Hall–Kier alpha value is -2.37. The molecule has 1 saturated heterocycles. The van der Waals surface area contributed by atoms with Crippen molar-refractivity contribution in [2.24, 2.45) is 5.73 Å². The van der Waals surface area contributed by atoms with Gasteiger partial charge in [0.1, 0.15) is 0 Å². The van der Waals surface area contributed by atoms with E-state index in [-0.39, 0.29) is 17.3 Å².